The Bertz CT molecular complexity index is 871. The maximum absolute atomic E-state index is 13.3. The molecule has 1 aliphatic rings. The minimum Gasteiger partial charge on any atom is -0.497 e. The normalized spacial score (nSPS) is 15.7. The Labute approximate surface area is 146 Å². The second kappa shape index (κ2) is 6.72. The molecule has 1 aliphatic heterocycles. The third-order valence-electron chi connectivity index (χ3n) is 4.68. The number of nitrogens with one attached hydrogen (secondary N) is 1. The Balaban J connectivity index is 1.39. The summed E-state index contributed by atoms with van der Waals surface area (Å²) in [5.41, 5.74) is 1.97. The monoisotopic (exact) mass is 340 g/mol. The van der Waals surface area contributed by atoms with E-state index in [4.69, 9.17) is 4.74 Å². The molecular formula is C19H21FN4O. The van der Waals surface area contributed by atoms with E-state index in [-0.39, 0.29) is 5.82 Å². The summed E-state index contributed by atoms with van der Waals surface area (Å²) < 4.78 is 18.6. The van der Waals surface area contributed by atoms with Crippen LogP contribution in [0.15, 0.2) is 42.6 Å². The molecule has 0 bridgehead atoms. The van der Waals surface area contributed by atoms with Gasteiger partial charge in [-0.25, -0.2) is 9.37 Å². The number of nitrogens with zero attached hydrogens (tertiary/aromatic N) is 3. The Kier molecular flexibility index (Phi) is 4.28. The first kappa shape index (κ1) is 15.9. The zero-order chi connectivity index (χ0) is 17.2. The molecule has 1 saturated heterocycles. The summed E-state index contributed by atoms with van der Waals surface area (Å²) in [4.78, 5) is 12.4. The van der Waals surface area contributed by atoms with Crippen molar-refractivity contribution in [2.24, 2.45) is 0 Å². The van der Waals surface area contributed by atoms with Gasteiger partial charge in [0.15, 0.2) is 0 Å². The van der Waals surface area contributed by atoms with Gasteiger partial charge in [-0.1, -0.05) is 0 Å². The number of ether oxygens (including phenoxy) is 1. The maximum atomic E-state index is 13.3. The Morgan fingerprint density at radius 1 is 1.12 bits per heavy atom. The van der Waals surface area contributed by atoms with Gasteiger partial charge in [-0.3, -0.25) is 4.90 Å². The number of hydrogen-bond donors (Lipinski definition) is 1. The fourth-order valence-corrected chi connectivity index (χ4v) is 3.32. The highest BCUT2D eigenvalue weighted by molar-refractivity contribution is 5.80. The number of methoxy groups -OCH3 is 1. The lowest BCUT2D eigenvalue weighted by Crippen LogP contribution is -2.46. The minimum atomic E-state index is -0.208. The molecule has 25 heavy (non-hydrogen) atoms. The van der Waals surface area contributed by atoms with E-state index in [1.165, 1.54) is 6.07 Å². The van der Waals surface area contributed by atoms with Crippen LogP contribution in [0, 0.1) is 5.82 Å². The van der Waals surface area contributed by atoms with Crippen LogP contribution in [0.5, 0.6) is 5.75 Å². The largest absolute Gasteiger partial charge is 0.497 e. The number of fused-ring (bicyclic) bond motifs is 1. The van der Waals surface area contributed by atoms with Crippen LogP contribution in [0.1, 0.15) is 5.69 Å². The van der Waals surface area contributed by atoms with E-state index in [0.717, 1.165) is 60.9 Å². The number of aromatic nitrogens is 2. The highest BCUT2D eigenvalue weighted by Gasteiger charge is 2.19. The molecule has 0 unspecified atom stereocenters. The van der Waals surface area contributed by atoms with E-state index in [9.17, 15) is 4.39 Å². The van der Waals surface area contributed by atoms with Crippen LogP contribution in [0.3, 0.4) is 0 Å². The number of H-pyrrole nitrogens is 1. The summed E-state index contributed by atoms with van der Waals surface area (Å²) in [6.07, 6.45) is 1.78. The Hall–Kier alpha value is -2.60. The lowest BCUT2D eigenvalue weighted by Gasteiger charge is -2.35. The van der Waals surface area contributed by atoms with Gasteiger partial charge >= 0.3 is 0 Å². The number of benzene rings is 1. The molecule has 4 rings (SSSR count). The van der Waals surface area contributed by atoms with Crippen molar-refractivity contribution in [2.45, 2.75) is 6.54 Å². The van der Waals surface area contributed by atoms with E-state index in [2.05, 4.69) is 25.8 Å². The van der Waals surface area contributed by atoms with Crippen molar-refractivity contribution in [3.8, 4) is 5.75 Å². The lowest BCUT2D eigenvalue weighted by molar-refractivity contribution is 0.247. The highest BCUT2D eigenvalue weighted by Crippen LogP contribution is 2.21. The molecule has 6 heteroatoms. The molecule has 1 fully saturated rings. The lowest BCUT2D eigenvalue weighted by atomic mass is 10.2. The summed E-state index contributed by atoms with van der Waals surface area (Å²) in [6, 6.07) is 10.8. The van der Waals surface area contributed by atoms with Crippen molar-refractivity contribution in [3.63, 3.8) is 0 Å². The molecule has 3 heterocycles. The summed E-state index contributed by atoms with van der Waals surface area (Å²) in [7, 11) is 1.67. The van der Waals surface area contributed by atoms with Gasteiger partial charge in [0.2, 0.25) is 0 Å². The highest BCUT2D eigenvalue weighted by atomic mass is 19.1. The SMILES string of the molecule is COc1ccnc(N2CCN(Cc3cc4ccc(F)cc4[nH]3)CC2)c1. The fourth-order valence-electron chi connectivity index (χ4n) is 3.32. The van der Waals surface area contributed by atoms with Gasteiger partial charge in [-0.05, 0) is 35.7 Å². The van der Waals surface area contributed by atoms with Gasteiger partial charge in [-0.15, -0.1) is 0 Å². The average molecular weight is 340 g/mol. The molecular weight excluding hydrogens is 319 g/mol. The standard InChI is InChI=1S/C19H21FN4O/c1-25-17-4-5-21-19(12-17)24-8-6-23(7-9-24)13-16-10-14-2-3-15(20)11-18(14)22-16/h2-5,10-12,22H,6-9,13H2,1H3. The van der Waals surface area contributed by atoms with Crippen molar-refractivity contribution in [3.05, 3.63) is 54.1 Å². The fraction of sp³-hybridized carbons (Fsp3) is 0.316. The number of piperazine rings is 1. The van der Waals surface area contributed by atoms with E-state index in [1.54, 1.807) is 19.4 Å². The van der Waals surface area contributed by atoms with Gasteiger partial charge in [0.05, 0.1) is 7.11 Å². The van der Waals surface area contributed by atoms with E-state index in [1.807, 2.05) is 18.2 Å². The average Bonchev–Trinajstić information content (AvgIpc) is 3.03. The third-order valence-corrected chi connectivity index (χ3v) is 4.68. The molecule has 130 valence electrons. The van der Waals surface area contributed by atoms with Crippen molar-refractivity contribution < 1.29 is 9.13 Å². The second-order valence-electron chi connectivity index (χ2n) is 6.34. The topological polar surface area (TPSA) is 44.4 Å². The van der Waals surface area contributed by atoms with Crippen molar-refractivity contribution in [1.82, 2.24) is 14.9 Å². The zero-order valence-electron chi connectivity index (χ0n) is 14.2. The third kappa shape index (κ3) is 3.44. The molecule has 0 radical (unpaired) electrons. The number of halogens is 1. The molecule has 3 aromatic rings. The number of rotatable bonds is 4. The number of aromatic amines is 1. The van der Waals surface area contributed by atoms with Crippen LogP contribution in [0.4, 0.5) is 10.2 Å². The summed E-state index contributed by atoms with van der Waals surface area (Å²) in [5, 5.41) is 1.05. The van der Waals surface area contributed by atoms with Crippen molar-refractivity contribution >= 4 is 16.7 Å². The van der Waals surface area contributed by atoms with Crippen molar-refractivity contribution in [1.29, 1.82) is 0 Å². The summed E-state index contributed by atoms with van der Waals surface area (Å²) >= 11 is 0. The number of anilines is 1. The molecule has 2 aromatic heterocycles. The first-order valence-corrected chi connectivity index (χ1v) is 8.46. The van der Waals surface area contributed by atoms with E-state index < -0.39 is 0 Å². The summed E-state index contributed by atoms with van der Waals surface area (Å²) in [5.74, 6) is 1.58. The first-order valence-electron chi connectivity index (χ1n) is 8.46. The van der Waals surface area contributed by atoms with E-state index >= 15 is 0 Å². The zero-order valence-corrected chi connectivity index (χ0v) is 14.2. The minimum absolute atomic E-state index is 0.208. The molecule has 0 aliphatic carbocycles. The van der Waals surface area contributed by atoms with Gasteiger partial charge in [0.25, 0.3) is 0 Å². The Morgan fingerprint density at radius 3 is 2.76 bits per heavy atom. The smallest absolute Gasteiger partial charge is 0.132 e. The van der Waals surface area contributed by atoms with Gasteiger partial charge < -0.3 is 14.6 Å². The first-order chi connectivity index (χ1) is 12.2. The molecule has 5 nitrogen and oxygen atoms in total. The van der Waals surface area contributed by atoms with Crippen LogP contribution in [0.25, 0.3) is 10.9 Å². The van der Waals surface area contributed by atoms with Gasteiger partial charge in [-0.2, -0.15) is 0 Å². The predicted molar refractivity (Wildman–Crippen MR) is 96.5 cm³/mol. The van der Waals surface area contributed by atoms with Crippen molar-refractivity contribution in [2.75, 3.05) is 38.2 Å². The number of hydrogen-bond acceptors (Lipinski definition) is 4. The number of pyridine rings is 1. The molecule has 0 saturated carbocycles. The van der Waals surface area contributed by atoms with Gasteiger partial charge in [0, 0.05) is 56.2 Å². The van der Waals surface area contributed by atoms with Gasteiger partial charge in [0.1, 0.15) is 17.4 Å². The van der Waals surface area contributed by atoms with Crippen LogP contribution in [-0.2, 0) is 6.54 Å². The molecule has 1 aromatic carbocycles. The van der Waals surface area contributed by atoms with Crippen LogP contribution >= 0.6 is 0 Å². The Morgan fingerprint density at radius 2 is 1.96 bits per heavy atom. The van der Waals surface area contributed by atoms with E-state index in [0.29, 0.717) is 0 Å². The summed E-state index contributed by atoms with van der Waals surface area (Å²) in [6.45, 7) is 4.62. The second-order valence-corrected chi connectivity index (χ2v) is 6.34. The quantitative estimate of drug-likeness (QED) is 0.793. The maximum Gasteiger partial charge on any atom is 0.132 e. The molecule has 1 N–H and O–H groups in total. The predicted octanol–water partition coefficient (Wildman–Crippen LogP) is 3.03. The molecule has 0 atom stereocenters. The molecule has 0 spiro atoms. The molecule has 0 amide bonds. The van der Waals surface area contributed by atoms with Crippen LogP contribution in [-0.4, -0.2) is 48.2 Å². The van der Waals surface area contributed by atoms with Crippen LogP contribution < -0.4 is 9.64 Å². The van der Waals surface area contributed by atoms with Crippen LogP contribution in [0.2, 0.25) is 0 Å².